The molecule has 1 aromatic rings. The van der Waals surface area contributed by atoms with Gasteiger partial charge in [0.05, 0.1) is 5.56 Å². The van der Waals surface area contributed by atoms with Crippen LogP contribution in [0.3, 0.4) is 0 Å². The van der Waals surface area contributed by atoms with E-state index in [9.17, 15) is 23.1 Å². The Bertz CT molecular complexity index is 800. The van der Waals surface area contributed by atoms with Crippen molar-refractivity contribution in [2.75, 3.05) is 6.54 Å². The molecule has 2 fully saturated rings. The highest BCUT2D eigenvalue weighted by molar-refractivity contribution is 6.76. The van der Waals surface area contributed by atoms with E-state index in [1.54, 1.807) is 12.1 Å². The van der Waals surface area contributed by atoms with Gasteiger partial charge in [0.2, 0.25) is 0 Å². The first-order valence-electron chi connectivity index (χ1n) is 13.6. The molecule has 198 valence electrons. The summed E-state index contributed by atoms with van der Waals surface area (Å²) in [7, 11) is -1.08. The van der Waals surface area contributed by atoms with Gasteiger partial charge in [0, 0.05) is 26.6 Å². The van der Waals surface area contributed by atoms with E-state index in [0.717, 1.165) is 24.9 Å². The highest BCUT2D eigenvalue weighted by atomic mass is 28.3. The van der Waals surface area contributed by atoms with Gasteiger partial charge in [0.25, 0.3) is 0 Å². The quantitative estimate of drug-likeness (QED) is 0.253. The summed E-state index contributed by atoms with van der Waals surface area (Å²) in [5.74, 6) is -0.0941. The smallest absolute Gasteiger partial charge is 0.416 e. The number of unbranched alkanes of at least 4 members (excludes halogenated alkanes) is 1. The second-order valence-corrected chi connectivity index (χ2v) is 17.8. The van der Waals surface area contributed by atoms with Crippen molar-refractivity contribution in [1.29, 1.82) is 0 Å². The third-order valence-electron chi connectivity index (χ3n) is 8.14. The molecule has 1 N–H and O–H groups in total. The minimum atomic E-state index is -4.35. The van der Waals surface area contributed by atoms with Crippen LogP contribution in [0.15, 0.2) is 24.3 Å². The minimum Gasteiger partial charge on any atom is -0.481 e. The van der Waals surface area contributed by atoms with Gasteiger partial charge in [-0.1, -0.05) is 69.9 Å². The van der Waals surface area contributed by atoms with Crippen molar-refractivity contribution in [2.45, 2.75) is 115 Å². The first-order chi connectivity index (χ1) is 16.4. The number of hydrogen-bond acceptors (Lipinski definition) is 2. The summed E-state index contributed by atoms with van der Waals surface area (Å²) in [6.07, 6.45) is 7.19. The van der Waals surface area contributed by atoms with E-state index < -0.39 is 25.8 Å². The van der Waals surface area contributed by atoms with E-state index in [-0.39, 0.29) is 18.4 Å². The fourth-order valence-corrected chi connectivity index (χ4v) is 7.62. The van der Waals surface area contributed by atoms with Crippen LogP contribution >= 0.6 is 0 Å². The standard InChI is InChI=1S/C28H44F3NO2Si/c1-35(2,3)18-8-7-11-25(22-9-5-4-6-10-22)32-17-16-21(20-27(33)34)19-26(32)23-12-14-24(15-13-23)28(29,30)31/h12-15,21-22,25-26H,4-11,16-20H2,1-3H3,(H,33,34)/t21-,25-,26+/m1/s1. The molecule has 0 aromatic heterocycles. The van der Waals surface area contributed by atoms with Crippen LogP contribution < -0.4 is 0 Å². The van der Waals surface area contributed by atoms with Gasteiger partial charge < -0.3 is 5.11 Å². The summed E-state index contributed by atoms with van der Waals surface area (Å²) in [6.45, 7) is 8.08. The molecule has 3 atom stereocenters. The van der Waals surface area contributed by atoms with E-state index >= 15 is 0 Å². The molecule has 0 amide bonds. The largest absolute Gasteiger partial charge is 0.481 e. The first-order valence-corrected chi connectivity index (χ1v) is 17.3. The number of benzene rings is 1. The topological polar surface area (TPSA) is 40.5 Å². The Morgan fingerprint density at radius 1 is 1.06 bits per heavy atom. The SMILES string of the molecule is C[Si](C)(C)CCCC[C@H](C1CCCCC1)N1CC[C@@H](CC(=O)O)C[C@H]1c1ccc(C(F)(F)F)cc1. The second kappa shape index (κ2) is 12.3. The molecule has 0 bridgehead atoms. The van der Waals surface area contributed by atoms with Crippen molar-refractivity contribution < 1.29 is 23.1 Å². The average molecular weight is 512 g/mol. The molecule has 1 aromatic carbocycles. The number of piperidine rings is 1. The third kappa shape index (κ3) is 8.62. The highest BCUT2D eigenvalue weighted by Crippen LogP contribution is 2.42. The number of likely N-dealkylation sites (tertiary alicyclic amines) is 1. The molecular weight excluding hydrogens is 467 g/mol. The molecule has 35 heavy (non-hydrogen) atoms. The third-order valence-corrected chi connectivity index (χ3v) is 9.99. The van der Waals surface area contributed by atoms with Crippen molar-refractivity contribution >= 4 is 14.0 Å². The van der Waals surface area contributed by atoms with Crippen molar-refractivity contribution in [3.8, 4) is 0 Å². The predicted molar refractivity (Wildman–Crippen MR) is 138 cm³/mol. The van der Waals surface area contributed by atoms with Crippen molar-refractivity contribution in [3.05, 3.63) is 35.4 Å². The van der Waals surface area contributed by atoms with E-state index in [4.69, 9.17) is 0 Å². The fourth-order valence-electron chi connectivity index (χ4n) is 6.31. The molecule has 1 aliphatic carbocycles. The maximum Gasteiger partial charge on any atom is 0.416 e. The van der Waals surface area contributed by atoms with Crippen LogP contribution in [0, 0.1) is 11.8 Å². The lowest BCUT2D eigenvalue weighted by Crippen LogP contribution is -2.47. The summed E-state index contributed by atoms with van der Waals surface area (Å²) in [6, 6.07) is 7.39. The molecule has 3 rings (SSSR count). The van der Waals surface area contributed by atoms with Crippen LogP contribution in [0.2, 0.25) is 25.7 Å². The summed E-state index contributed by atoms with van der Waals surface area (Å²) in [5, 5.41) is 9.40. The van der Waals surface area contributed by atoms with Crippen LogP contribution in [-0.2, 0) is 11.0 Å². The fraction of sp³-hybridized carbons (Fsp3) is 0.750. The van der Waals surface area contributed by atoms with E-state index in [1.807, 2.05) is 0 Å². The molecule has 0 spiro atoms. The Morgan fingerprint density at radius 2 is 1.71 bits per heavy atom. The summed E-state index contributed by atoms with van der Waals surface area (Å²) >= 11 is 0. The number of rotatable bonds is 10. The molecule has 0 radical (unpaired) electrons. The van der Waals surface area contributed by atoms with Gasteiger partial charge in [-0.2, -0.15) is 13.2 Å². The molecule has 7 heteroatoms. The predicted octanol–water partition coefficient (Wildman–Crippen LogP) is 8.39. The normalized spacial score (nSPS) is 23.8. The molecule has 2 aliphatic rings. The van der Waals surface area contributed by atoms with E-state index in [1.165, 1.54) is 63.1 Å². The average Bonchev–Trinajstić information content (AvgIpc) is 2.78. The molecule has 1 heterocycles. The van der Waals surface area contributed by atoms with Crippen molar-refractivity contribution in [1.82, 2.24) is 4.90 Å². The maximum atomic E-state index is 13.2. The van der Waals surface area contributed by atoms with Crippen LogP contribution in [0.4, 0.5) is 13.2 Å². The molecule has 1 saturated heterocycles. The number of carbonyl (C=O) groups is 1. The molecule has 3 nitrogen and oxygen atoms in total. The molecule has 1 aliphatic heterocycles. The number of carboxylic acids is 1. The van der Waals surface area contributed by atoms with E-state index in [0.29, 0.717) is 18.4 Å². The summed E-state index contributed by atoms with van der Waals surface area (Å²) in [5.41, 5.74) is 0.275. The minimum absolute atomic E-state index is 0.0145. The first kappa shape index (κ1) is 28.2. The molecule has 1 saturated carbocycles. The van der Waals surface area contributed by atoms with Gasteiger partial charge in [0.15, 0.2) is 0 Å². The lowest BCUT2D eigenvalue weighted by Gasteiger charge is -2.47. The number of alkyl halides is 3. The van der Waals surface area contributed by atoms with Gasteiger partial charge in [-0.25, -0.2) is 0 Å². The Hall–Kier alpha value is -1.34. The van der Waals surface area contributed by atoms with Gasteiger partial charge in [-0.3, -0.25) is 9.69 Å². The van der Waals surface area contributed by atoms with Crippen molar-refractivity contribution in [2.24, 2.45) is 11.8 Å². The molecular formula is C28H44F3NO2Si. The number of nitrogens with zero attached hydrogens (tertiary/aromatic N) is 1. The van der Waals surface area contributed by atoms with Crippen molar-refractivity contribution in [3.63, 3.8) is 0 Å². The van der Waals surface area contributed by atoms with Gasteiger partial charge >= 0.3 is 12.1 Å². The van der Waals surface area contributed by atoms with Crippen LogP contribution in [-0.4, -0.2) is 36.6 Å². The van der Waals surface area contributed by atoms with Crippen LogP contribution in [0.25, 0.3) is 0 Å². The Kier molecular flexibility index (Phi) is 9.89. The lowest BCUT2D eigenvalue weighted by molar-refractivity contribution is -0.139. The van der Waals surface area contributed by atoms with E-state index in [2.05, 4.69) is 24.5 Å². The Morgan fingerprint density at radius 3 is 2.29 bits per heavy atom. The summed E-state index contributed by atoms with van der Waals surface area (Å²) in [4.78, 5) is 14.0. The van der Waals surface area contributed by atoms with Gasteiger partial charge in [0.1, 0.15) is 0 Å². The zero-order valence-electron chi connectivity index (χ0n) is 21.7. The lowest BCUT2D eigenvalue weighted by atomic mass is 9.77. The second-order valence-electron chi connectivity index (χ2n) is 12.1. The Balaban J connectivity index is 1.84. The highest BCUT2D eigenvalue weighted by Gasteiger charge is 2.38. The molecule has 0 unspecified atom stereocenters. The zero-order chi connectivity index (χ0) is 25.6. The summed E-state index contributed by atoms with van der Waals surface area (Å²) < 4.78 is 39.6. The van der Waals surface area contributed by atoms with Crippen LogP contribution in [0.5, 0.6) is 0 Å². The van der Waals surface area contributed by atoms with Crippen LogP contribution in [0.1, 0.15) is 87.8 Å². The number of hydrogen-bond donors (Lipinski definition) is 1. The van der Waals surface area contributed by atoms with Gasteiger partial charge in [-0.05, 0) is 68.2 Å². The monoisotopic (exact) mass is 511 g/mol. The Labute approximate surface area is 210 Å². The van der Waals surface area contributed by atoms with Gasteiger partial charge in [-0.15, -0.1) is 0 Å². The number of halogens is 3. The zero-order valence-corrected chi connectivity index (χ0v) is 22.7. The maximum absolute atomic E-state index is 13.2. The number of aliphatic carboxylic acids is 1. The number of carboxylic acid groups (broad SMARTS) is 1.